The van der Waals surface area contributed by atoms with Crippen molar-refractivity contribution >= 4 is 34.8 Å². The first-order valence-electron chi connectivity index (χ1n) is 8.88. The summed E-state index contributed by atoms with van der Waals surface area (Å²) < 4.78 is 5.44. The number of carbonyl (C=O) groups is 1. The molecule has 1 saturated heterocycles. The third kappa shape index (κ3) is 5.28. The van der Waals surface area contributed by atoms with Crippen LogP contribution in [0.2, 0.25) is 10.0 Å². The zero-order chi connectivity index (χ0) is 19.2. The van der Waals surface area contributed by atoms with Gasteiger partial charge in [-0.1, -0.05) is 41.4 Å². The summed E-state index contributed by atoms with van der Waals surface area (Å²) in [6.07, 6.45) is 0. The molecule has 7 heteroatoms. The molecule has 1 fully saturated rings. The maximum Gasteiger partial charge on any atom is 0.234 e. The number of para-hydroxylation sites is 2. The lowest BCUT2D eigenvalue weighted by atomic mass is 10.2. The summed E-state index contributed by atoms with van der Waals surface area (Å²) in [5, 5.41) is 4.08. The van der Waals surface area contributed by atoms with E-state index in [1.54, 1.807) is 19.2 Å². The van der Waals surface area contributed by atoms with Crippen molar-refractivity contribution in [3.8, 4) is 5.75 Å². The van der Waals surface area contributed by atoms with Crippen LogP contribution >= 0.6 is 23.2 Å². The van der Waals surface area contributed by atoms with Gasteiger partial charge >= 0.3 is 0 Å². The molecule has 0 radical (unpaired) electrons. The number of rotatable bonds is 6. The fourth-order valence-electron chi connectivity index (χ4n) is 3.16. The molecule has 27 heavy (non-hydrogen) atoms. The molecule has 0 spiro atoms. The summed E-state index contributed by atoms with van der Waals surface area (Å²) in [5.41, 5.74) is 1.96. The molecule has 0 atom stereocenters. The molecule has 1 aliphatic rings. The molecule has 0 saturated carbocycles. The van der Waals surface area contributed by atoms with Crippen molar-refractivity contribution in [2.24, 2.45) is 0 Å². The molecule has 5 nitrogen and oxygen atoms in total. The number of piperazine rings is 1. The molecule has 0 aliphatic carbocycles. The van der Waals surface area contributed by atoms with E-state index in [0.717, 1.165) is 43.2 Å². The number of nitrogens with zero attached hydrogens (tertiary/aromatic N) is 2. The van der Waals surface area contributed by atoms with E-state index in [0.29, 0.717) is 23.1 Å². The van der Waals surface area contributed by atoms with Gasteiger partial charge in [0.05, 0.1) is 19.3 Å². The van der Waals surface area contributed by atoms with Crippen LogP contribution in [0.1, 0.15) is 5.56 Å². The fraction of sp³-hybridized carbons (Fsp3) is 0.350. The second-order valence-electron chi connectivity index (χ2n) is 6.45. The first-order valence-corrected chi connectivity index (χ1v) is 9.63. The lowest BCUT2D eigenvalue weighted by Crippen LogP contribution is -2.49. The Kier molecular flexibility index (Phi) is 6.83. The Hall–Kier alpha value is -1.95. The van der Waals surface area contributed by atoms with Gasteiger partial charge in [0, 0.05) is 42.8 Å². The van der Waals surface area contributed by atoms with Gasteiger partial charge in [0.15, 0.2) is 0 Å². The predicted octanol–water partition coefficient (Wildman–Crippen LogP) is 3.44. The SMILES string of the molecule is COc1ccccc1N1CCN(CC(=O)NCc2ccc(Cl)cc2Cl)CC1. The largest absolute Gasteiger partial charge is 0.495 e. The number of hydrogen-bond donors (Lipinski definition) is 1. The van der Waals surface area contributed by atoms with Gasteiger partial charge in [-0.3, -0.25) is 9.69 Å². The average Bonchev–Trinajstić information content (AvgIpc) is 2.68. The highest BCUT2D eigenvalue weighted by atomic mass is 35.5. The highest BCUT2D eigenvalue weighted by Gasteiger charge is 2.21. The van der Waals surface area contributed by atoms with Gasteiger partial charge in [0.2, 0.25) is 5.91 Å². The third-order valence-corrected chi connectivity index (χ3v) is 5.24. The molecule has 0 unspecified atom stereocenters. The van der Waals surface area contributed by atoms with Crippen LogP contribution in [0.3, 0.4) is 0 Å². The number of hydrogen-bond acceptors (Lipinski definition) is 4. The van der Waals surface area contributed by atoms with Crippen molar-refractivity contribution in [1.82, 2.24) is 10.2 Å². The minimum Gasteiger partial charge on any atom is -0.495 e. The van der Waals surface area contributed by atoms with Crippen LogP contribution < -0.4 is 15.0 Å². The van der Waals surface area contributed by atoms with E-state index < -0.39 is 0 Å². The first-order chi connectivity index (χ1) is 13.1. The van der Waals surface area contributed by atoms with Crippen molar-refractivity contribution in [3.05, 3.63) is 58.1 Å². The van der Waals surface area contributed by atoms with Crippen LogP contribution in [-0.2, 0) is 11.3 Å². The summed E-state index contributed by atoms with van der Waals surface area (Å²) >= 11 is 12.0. The number of halogens is 2. The topological polar surface area (TPSA) is 44.8 Å². The third-order valence-electron chi connectivity index (χ3n) is 4.66. The Morgan fingerprint density at radius 3 is 2.56 bits per heavy atom. The van der Waals surface area contributed by atoms with E-state index in [4.69, 9.17) is 27.9 Å². The maximum absolute atomic E-state index is 12.3. The summed E-state index contributed by atoms with van der Waals surface area (Å²) in [6, 6.07) is 13.3. The smallest absolute Gasteiger partial charge is 0.234 e. The lowest BCUT2D eigenvalue weighted by Gasteiger charge is -2.36. The van der Waals surface area contributed by atoms with Crippen LogP contribution in [0.25, 0.3) is 0 Å². The monoisotopic (exact) mass is 407 g/mol. The molecule has 0 aromatic heterocycles. The summed E-state index contributed by atoms with van der Waals surface area (Å²) in [5.74, 6) is 0.871. The van der Waals surface area contributed by atoms with Crippen LogP contribution in [0.4, 0.5) is 5.69 Å². The van der Waals surface area contributed by atoms with Crippen LogP contribution in [0, 0.1) is 0 Å². The number of benzene rings is 2. The van der Waals surface area contributed by atoms with E-state index in [9.17, 15) is 4.79 Å². The minimum atomic E-state index is -0.00763. The highest BCUT2D eigenvalue weighted by molar-refractivity contribution is 6.35. The van der Waals surface area contributed by atoms with E-state index in [-0.39, 0.29) is 5.91 Å². The van der Waals surface area contributed by atoms with Gasteiger partial charge in [0.1, 0.15) is 5.75 Å². The number of ether oxygens (including phenoxy) is 1. The maximum atomic E-state index is 12.3. The van der Waals surface area contributed by atoms with Gasteiger partial charge in [-0.2, -0.15) is 0 Å². The molecule has 2 aromatic rings. The first kappa shape index (κ1) is 19.8. The number of anilines is 1. The van der Waals surface area contributed by atoms with Crippen molar-refractivity contribution in [3.63, 3.8) is 0 Å². The van der Waals surface area contributed by atoms with Crippen molar-refractivity contribution in [2.45, 2.75) is 6.54 Å². The Morgan fingerprint density at radius 2 is 1.85 bits per heavy atom. The average molecular weight is 408 g/mol. The van der Waals surface area contributed by atoms with Gasteiger partial charge in [-0.25, -0.2) is 0 Å². The van der Waals surface area contributed by atoms with Gasteiger partial charge in [-0.15, -0.1) is 0 Å². The van der Waals surface area contributed by atoms with Crippen molar-refractivity contribution in [2.75, 3.05) is 44.7 Å². The van der Waals surface area contributed by atoms with E-state index in [2.05, 4.69) is 21.2 Å². The normalized spacial score (nSPS) is 14.9. The Labute approximate surface area is 169 Å². The molecule has 1 aliphatic heterocycles. The number of carbonyl (C=O) groups excluding carboxylic acids is 1. The van der Waals surface area contributed by atoms with Crippen LogP contribution in [0.5, 0.6) is 5.75 Å². The number of amides is 1. The van der Waals surface area contributed by atoms with Crippen molar-refractivity contribution in [1.29, 1.82) is 0 Å². The van der Waals surface area contributed by atoms with Gasteiger partial charge in [-0.05, 0) is 29.8 Å². The molecular formula is C20H23Cl2N3O2. The number of nitrogens with one attached hydrogen (secondary N) is 1. The van der Waals surface area contributed by atoms with Crippen molar-refractivity contribution < 1.29 is 9.53 Å². The molecular weight excluding hydrogens is 385 g/mol. The summed E-state index contributed by atoms with van der Waals surface area (Å²) in [7, 11) is 1.69. The van der Waals surface area contributed by atoms with Gasteiger partial charge in [0.25, 0.3) is 0 Å². The van der Waals surface area contributed by atoms with Crippen LogP contribution in [0.15, 0.2) is 42.5 Å². The van der Waals surface area contributed by atoms with E-state index in [1.165, 1.54) is 0 Å². The molecule has 1 amide bonds. The highest BCUT2D eigenvalue weighted by Crippen LogP contribution is 2.28. The van der Waals surface area contributed by atoms with E-state index >= 15 is 0 Å². The fourth-order valence-corrected chi connectivity index (χ4v) is 3.63. The van der Waals surface area contributed by atoms with Gasteiger partial charge < -0.3 is 15.0 Å². The predicted molar refractivity (Wildman–Crippen MR) is 110 cm³/mol. The Morgan fingerprint density at radius 1 is 1.11 bits per heavy atom. The molecule has 3 rings (SSSR count). The molecule has 144 valence electrons. The lowest BCUT2D eigenvalue weighted by molar-refractivity contribution is -0.122. The Bertz CT molecular complexity index is 793. The van der Waals surface area contributed by atoms with Crippen LogP contribution in [-0.4, -0.2) is 50.6 Å². The minimum absolute atomic E-state index is 0.00763. The second kappa shape index (κ2) is 9.31. The molecule has 1 heterocycles. The number of methoxy groups -OCH3 is 1. The molecule has 1 N–H and O–H groups in total. The zero-order valence-electron chi connectivity index (χ0n) is 15.3. The summed E-state index contributed by atoms with van der Waals surface area (Å²) in [6.45, 7) is 4.15. The molecule has 0 bridgehead atoms. The zero-order valence-corrected chi connectivity index (χ0v) is 16.8. The van der Waals surface area contributed by atoms with E-state index in [1.807, 2.05) is 24.3 Å². The second-order valence-corrected chi connectivity index (χ2v) is 7.29. The molecule has 2 aromatic carbocycles. The Balaban J connectivity index is 1.46. The summed E-state index contributed by atoms with van der Waals surface area (Å²) in [4.78, 5) is 16.7. The quantitative estimate of drug-likeness (QED) is 0.796. The standard InChI is InChI=1S/C20H23Cl2N3O2/c1-27-19-5-3-2-4-18(19)25-10-8-24(9-11-25)14-20(26)23-13-15-6-7-16(21)12-17(15)22/h2-7,12H,8-11,13-14H2,1H3,(H,23,26).